The Morgan fingerprint density at radius 2 is 1.55 bits per heavy atom. The van der Waals surface area contributed by atoms with Crippen LogP contribution in [0.2, 0.25) is 15.1 Å². The Labute approximate surface area is 126 Å². The van der Waals surface area contributed by atoms with Gasteiger partial charge >= 0.3 is 6.18 Å². The second-order valence-corrected chi connectivity index (χ2v) is 5.08. The normalized spacial score (nSPS) is 11.7. The van der Waals surface area contributed by atoms with Crippen LogP contribution in [0.15, 0.2) is 24.4 Å². The Hall–Kier alpha value is -1.17. The van der Waals surface area contributed by atoms with Crippen LogP contribution in [0.3, 0.4) is 0 Å². The SMILES string of the molecule is Oc1cc(C(F)(F)F)cnc1-c1c(Cl)cc(Cl)cc1Cl. The molecule has 0 unspecified atom stereocenters. The molecule has 0 atom stereocenters. The Kier molecular flexibility index (Phi) is 4.04. The maximum absolute atomic E-state index is 12.5. The minimum atomic E-state index is -4.60. The highest BCUT2D eigenvalue weighted by Gasteiger charge is 2.32. The zero-order valence-electron chi connectivity index (χ0n) is 9.47. The van der Waals surface area contributed by atoms with Crippen molar-refractivity contribution in [3.8, 4) is 17.0 Å². The molecule has 0 bridgehead atoms. The van der Waals surface area contributed by atoms with E-state index in [0.717, 1.165) is 0 Å². The van der Waals surface area contributed by atoms with Gasteiger partial charge in [-0.05, 0) is 18.2 Å². The molecule has 2 nitrogen and oxygen atoms in total. The number of halogens is 6. The highest BCUT2D eigenvalue weighted by atomic mass is 35.5. The first kappa shape index (κ1) is 15.2. The maximum atomic E-state index is 12.5. The second-order valence-electron chi connectivity index (χ2n) is 3.83. The third kappa shape index (κ3) is 2.95. The largest absolute Gasteiger partial charge is 0.506 e. The van der Waals surface area contributed by atoms with Crippen molar-refractivity contribution < 1.29 is 18.3 Å². The number of aromatic nitrogens is 1. The first-order valence-corrected chi connectivity index (χ1v) is 6.24. The van der Waals surface area contributed by atoms with Crippen molar-refractivity contribution in [2.24, 2.45) is 0 Å². The zero-order valence-corrected chi connectivity index (χ0v) is 11.7. The summed E-state index contributed by atoms with van der Waals surface area (Å²) in [5.74, 6) is -0.675. The number of nitrogens with zero attached hydrogens (tertiary/aromatic N) is 1. The quantitative estimate of drug-likeness (QED) is 0.749. The molecule has 0 spiro atoms. The minimum absolute atomic E-state index is 0.0741. The van der Waals surface area contributed by atoms with E-state index in [4.69, 9.17) is 34.8 Å². The summed E-state index contributed by atoms with van der Waals surface area (Å²) in [5, 5.41) is 10.1. The summed E-state index contributed by atoms with van der Waals surface area (Å²) in [7, 11) is 0. The molecule has 0 saturated carbocycles. The molecule has 1 heterocycles. The van der Waals surface area contributed by atoms with Crippen LogP contribution in [0.1, 0.15) is 5.56 Å². The smallest absolute Gasteiger partial charge is 0.418 e. The number of aromatic hydroxyl groups is 1. The van der Waals surface area contributed by atoms with Crippen LogP contribution in [0.4, 0.5) is 13.2 Å². The van der Waals surface area contributed by atoms with E-state index in [1.165, 1.54) is 12.1 Å². The summed E-state index contributed by atoms with van der Waals surface area (Å²) in [6.45, 7) is 0. The highest BCUT2D eigenvalue weighted by molar-refractivity contribution is 6.41. The first-order valence-electron chi connectivity index (χ1n) is 5.11. The lowest BCUT2D eigenvalue weighted by Gasteiger charge is -2.11. The van der Waals surface area contributed by atoms with Gasteiger partial charge in [-0.25, -0.2) is 0 Å². The van der Waals surface area contributed by atoms with Crippen LogP contribution < -0.4 is 0 Å². The van der Waals surface area contributed by atoms with Crippen molar-refractivity contribution in [1.29, 1.82) is 0 Å². The third-order valence-corrected chi connectivity index (χ3v) is 3.25. The summed E-state index contributed by atoms with van der Waals surface area (Å²) in [6, 6.07) is 3.26. The monoisotopic (exact) mass is 341 g/mol. The van der Waals surface area contributed by atoms with Crippen LogP contribution in [0, 0.1) is 0 Å². The molecule has 2 rings (SSSR count). The van der Waals surface area contributed by atoms with Gasteiger partial charge in [-0.3, -0.25) is 4.98 Å². The van der Waals surface area contributed by atoms with Crippen LogP contribution in [0.5, 0.6) is 5.75 Å². The highest BCUT2D eigenvalue weighted by Crippen LogP contribution is 2.41. The Balaban J connectivity index is 2.61. The molecule has 1 N–H and O–H groups in total. The lowest BCUT2D eigenvalue weighted by atomic mass is 10.1. The van der Waals surface area contributed by atoms with Gasteiger partial charge in [-0.15, -0.1) is 0 Å². The molecule has 106 valence electrons. The molecule has 0 aliphatic heterocycles. The predicted octanol–water partition coefficient (Wildman–Crippen LogP) is 5.43. The molecule has 0 amide bonds. The molecule has 0 radical (unpaired) electrons. The molecule has 20 heavy (non-hydrogen) atoms. The summed E-state index contributed by atoms with van der Waals surface area (Å²) >= 11 is 17.6. The number of hydrogen-bond donors (Lipinski definition) is 1. The third-order valence-electron chi connectivity index (χ3n) is 2.44. The van der Waals surface area contributed by atoms with Crippen molar-refractivity contribution in [2.45, 2.75) is 6.18 Å². The van der Waals surface area contributed by atoms with Gasteiger partial charge in [0.05, 0.1) is 15.6 Å². The van der Waals surface area contributed by atoms with Gasteiger partial charge in [0.25, 0.3) is 0 Å². The zero-order chi connectivity index (χ0) is 15.1. The maximum Gasteiger partial charge on any atom is 0.418 e. The van der Waals surface area contributed by atoms with Crippen LogP contribution in [0.25, 0.3) is 11.3 Å². The van der Waals surface area contributed by atoms with E-state index in [1.807, 2.05) is 0 Å². The molecule has 2 aromatic rings. The van der Waals surface area contributed by atoms with E-state index >= 15 is 0 Å². The molecule has 8 heteroatoms. The van der Waals surface area contributed by atoms with Gasteiger partial charge in [0.1, 0.15) is 11.4 Å². The predicted molar refractivity (Wildman–Crippen MR) is 71.4 cm³/mol. The molecular formula is C12H5Cl3F3NO. The van der Waals surface area contributed by atoms with Crippen molar-refractivity contribution >= 4 is 34.8 Å². The van der Waals surface area contributed by atoms with Crippen molar-refractivity contribution in [2.75, 3.05) is 0 Å². The standard InChI is InChI=1S/C12H5Cl3F3NO/c13-6-2-7(14)10(8(15)3-6)11-9(20)1-5(4-19-11)12(16,17)18/h1-4,20H. The Bertz CT molecular complexity index is 650. The fourth-order valence-electron chi connectivity index (χ4n) is 1.57. The average Bonchev–Trinajstić information content (AvgIpc) is 2.28. The van der Waals surface area contributed by atoms with E-state index in [-0.39, 0.29) is 26.3 Å². The van der Waals surface area contributed by atoms with Crippen LogP contribution in [-0.4, -0.2) is 10.1 Å². The molecule has 0 fully saturated rings. The number of hydrogen-bond acceptors (Lipinski definition) is 2. The van der Waals surface area contributed by atoms with E-state index in [1.54, 1.807) is 0 Å². The Morgan fingerprint density at radius 1 is 1.00 bits per heavy atom. The van der Waals surface area contributed by atoms with Gasteiger partial charge in [0.2, 0.25) is 0 Å². The van der Waals surface area contributed by atoms with Crippen LogP contribution in [-0.2, 0) is 6.18 Å². The van der Waals surface area contributed by atoms with Gasteiger partial charge in [-0.2, -0.15) is 13.2 Å². The number of benzene rings is 1. The van der Waals surface area contributed by atoms with Crippen molar-refractivity contribution in [1.82, 2.24) is 4.98 Å². The first-order chi connectivity index (χ1) is 9.20. The Morgan fingerprint density at radius 3 is 2.00 bits per heavy atom. The van der Waals surface area contributed by atoms with E-state index in [9.17, 15) is 18.3 Å². The summed E-state index contributed by atoms with van der Waals surface area (Å²) in [6.07, 6.45) is -4.01. The van der Waals surface area contributed by atoms with E-state index in [2.05, 4.69) is 4.98 Å². The molecule has 1 aromatic heterocycles. The van der Waals surface area contributed by atoms with Gasteiger partial charge < -0.3 is 5.11 Å². The van der Waals surface area contributed by atoms with Gasteiger partial charge in [0.15, 0.2) is 0 Å². The van der Waals surface area contributed by atoms with Crippen molar-refractivity contribution in [3.05, 3.63) is 45.0 Å². The average molecular weight is 343 g/mol. The number of alkyl halides is 3. The summed E-state index contributed by atoms with van der Waals surface area (Å²) < 4.78 is 37.5. The molecule has 0 saturated heterocycles. The van der Waals surface area contributed by atoms with E-state index < -0.39 is 17.5 Å². The topological polar surface area (TPSA) is 33.1 Å². The minimum Gasteiger partial charge on any atom is -0.506 e. The second kappa shape index (κ2) is 5.31. The summed E-state index contributed by atoms with van der Waals surface area (Å²) in [4.78, 5) is 3.58. The molecule has 1 aromatic carbocycles. The van der Waals surface area contributed by atoms with Gasteiger partial charge in [-0.1, -0.05) is 34.8 Å². The molecule has 0 aliphatic carbocycles. The fourth-order valence-corrected chi connectivity index (χ4v) is 2.57. The van der Waals surface area contributed by atoms with E-state index in [0.29, 0.717) is 12.3 Å². The van der Waals surface area contributed by atoms with Crippen molar-refractivity contribution in [3.63, 3.8) is 0 Å². The number of pyridine rings is 1. The lowest BCUT2D eigenvalue weighted by Crippen LogP contribution is -2.05. The van der Waals surface area contributed by atoms with Gasteiger partial charge in [0, 0.05) is 16.8 Å². The fraction of sp³-hybridized carbons (Fsp3) is 0.0833. The lowest BCUT2D eigenvalue weighted by molar-refractivity contribution is -0.137. The number of rotatable bonds is 1. The molecule has 0 aliphatic rings. The van der Waals surface area contributed by atoms with Crippen LogP contribution >= 0.6 is 34.8 Å². The summed E-state index contributed by atoms with van der Waals surface area (Å²) in [5.41, 5.74) is -1.10. The molecular weight excluding hydrogens is 337 g/mol.